The number of methoxy groups -OCH3 is 1. The summed E-state index contributed by atoms with van der Waals surface area (Å²) < 4.78 is 10.8. The van der Waals surface area contributed by atoms with Crippen LogP contribution < -0.4 is 19.7 Å². The lowest BCUT2D eigenvalue weighted by molar-refractivity contribution is -0.144. The number of rotatable bonds is 7. The van der Waals surface area contributed by atoms with Crippen molar-refractivity contribution < 1.29 is 29.0 Å². The molecule has 2 aromatic carbocycles. The van der Waals surface area contributed by atoms with Gasteiger partial charge in [0.15, 0.2) is 22.7 Å². The maximum atomic E-state index is 13.4. The van der Waals surface area contributed by atoms with Gasteiger partial charge in [0.2, 0.25) is 0 Å². The SMILES string of the molecule is CCc1ccccc1N1C(=O)/C(=C/c2cccc(OC)c2O[C@@H](C)C(=O)O)C(=O)NC1=S. The minimum atomic E-state index is -1.18. The molecule has 166 valence electrons. The molecule has 0 aromatic heterocycles. The van der Waals surface area contributed by atoms with E-state index in [1.165, 1.54) is 25.0 Å². The smallest absolute Gasteiger partial charge is 0.344 e. The number of anilines is 1. The van der Waals surface area contributed by atoms with Crippen LogP contribution in [0.3, 0.4) is 0 Å². The molecule has 0 radical (unpaired) electrons. The molecular weight excluding hydrogens is 432 g/mol. The lowest BCUT2D eigenvalue weighted by Crippen LogP contribution is -2.54. The van der Waals surface area contributed by atoms with E-state index in [-0.39, 0.29) is 22.2 Å². The molecule has 2 N–H and O–H groups in total. The number of hydrogen-bond acceptors (Lipinski definition) is 6. The highest BCUT2D eigenvalue weighted by Crippen LogP contribution is 2.34. The number of amides is 2. The average Bonchev–Trinajstić information content (AvgIpc) is 2.77. The Morgan fingerprint density at radius 2 is 1.94 bits per heavy atom. The Morgan fingerprint density at radius 3 is 2.59 bits per heavy atom. The van der Waals surface area contributed by atoms with E-state index < -0.39 is 23.9 Å². The fraction of sp³-hybridized carbons (Fsp3) is 0.217. The maximum absolute atomic E-state index is 13.4. The topological polar surface area (TPSA) is 105 Å². The van der Waals surface area contributed by atoms with E-state index in [0.29, 0.717) is 17.7 Å². The molecule has 1 aliphatic heterocycles. The van der Waals surface area contributed by atoms with E-state index in [0.717, 1.165) is 5.56 Å². The molecule has 0 saturated carbocycles. The second kappa shape index (κ2) is 9.61. The molecule has 0 bridgehead atoms. The third-order valence-electron chi connectivity index (χ3n) is 4.89. The van der Waals surface area contributed by atoms with E-state index in [2.05, 4.69) is 5.32 Å². The van der Waals surface area contributed by atoms with Crippen LogP contribution in [-0.4, -0.2) is 41.2 Å². The number of carbonyl (C=O) groups excluding carboxylic acids is 2. The monoisotopic (exact) mass is 454 g/mol. The summed E-state index contributed by atoms with van der Waals surface area (Å²) >= 11 is 5.28. The second-order valence-corrected chi connectivity index (χ2v) is 7.30. The highest BCUT2D eigenvalue weighted by atomic mass is 32.1. The molecule has 1 saturated heterocycles. The first-order valence-corrected chi connectivity index (χ1v) is 10.2. The largest absolute Gasteiger partial charge is 0.493 e. The van der Waals surface area contributed by atoms with Gasteiger partial charge in [0.05, 0.1) is 12.8 Å². The van der Waals surface area contributed by atoms with E-state index >= 15 is 0 Å². The number of hydrogen-bond donors (Lipinski definition) is 2. The Morgan fingerprint density at radius 1 is 1.22 bits per heavy atom. The Kier molecular flexibility index (Phi) is 6.89. The number of nitrogens with zero attached hydrogens (tertiary/aromatic N) is 1. The molecule has 0 aliphatic carbocycles. The van der Waals surface area contributed by atoms with Crippen molar-refractivity contribution in [3.63, 3.8) is 0 Å². The van der Waals surface area contributed by atoms with Crippen LogP contribution in [0, 0.1) is 0 Å². The number of para-hydroxylation sites is 2. The first kappa shape index (κ1) is 23.0. The normalized spacial score (nSPS) is 16.0. The summed E-state index contributed by atoms with van der Waals surface area (Å²) in [5.41, 5.74) is 1.61. The average molecular weight is 455 g/mol. The van der Waals surface area contributed by atoms with Gasteiger partial charge < -0.3 is 14.6 Å². The minimum Gasteiger partial charge on any atom is -0.493 e. The zero-order chi connectivity index (χ0) is 23.4. The zero-order valence-electron chi connectivity index (χ0n) is 17.7. The molecule has 1 atom stereocenters. The lowest BCUT2D eigenvalue weighted by atomic mass is 10.0. The molecule has 32 heavy (non-hydrogen) atoms. The fourth-order valence-electron chi connectivity index (χ4n) is 3.22. The second-order valence-electron chi connectivity index (χ2n) is 6.92. The summed E-state index contributed by atoms with van der Waals surface area (Å²) in [4.78, 5) is 38.6. The number of thiocarbonyl (C=S) groups is 1. The third-order valence-corrected chi connectivity index (χ3v) is 5.17. The number of nitrogens with one attached hydrogen (secondary N) is 1. The summed E-state index contributed by atoms with van der Waals surface area (Å²) in [6, 6.07) is 12.1. The van der Waals surface area contributed by atoms with E-state index in [9.17, 15) is 19.5 Å². The van der Waals surface area contributed by atoms with Gasteiger partial charge in [-0.05, 0) is 49.3 Å². The van der Waals surface area contributed by atoms with Crippen molar-refractivity contribution >= 4 is 46.9 Å². The number of carbonyl (C=O) groups is 3. The number of carboxylic acid groups (broad SMARTS) is 1. The summed E-state index contributed by atoms with van der Waals surface area (Å²) in [6.07, 6.45) is 0.823. The zero-order valence-corrected chi connectivity index (χ0v) is 18.6. The summed E-state index contributed by atoms with van der Waals surface area (Å²) in [5.74, 6) is -2.06. The summed E-state index contributed by atoms with van der Waals surface area (Å²) in [6.45, 7) is 3.32. The van der Waals surface area contributed by atoms with Gasteiger partial charge in [-0.3, -0.25) is 19.8 Å². The Labute approximate surface area is 190 Å². The molecule has 2 amide bonds. The minimum absolute atomic E-state index is 0.0142. The molecular formula is C23H22N2O6S. The molecule has 9 heteroatoms. The van der Waals surface area contributed by atoms with Crippen molar-refractivity contribution in [3.05, 3.63) is 59.2 Å². The Hall–Kier alpha value is -3.72. The van der Waals surface area contributed by atoms with Crippen molar-refractivity contribution in [3.8, 4) is 11.5 Å². The molecule has 2 aromatic rings. The quantitative estimate of drug-likeness (QED) is 0.376. The molecule has 0 unspecified atom stereocenters. The summed E-state index contributed by atoms with van der Waals surface area (Å²) in [5, 5.41) is 11.8. The number of aliphatic carboxylic acids is 1. The van der Waals surface area contributed by atoms with Gasteiger partial charge in [0.1, 0.15) is 5.57 Å². The van der Waals surface area contributed by atoms with Gasteiger partial charge in [-0.25, -0.2) is 4.79 Å². The maximum Gasteiger partial charge on any atom is 0.344 e. The van der Waals surface area contributed by atoms with Gasteiger partial charge >= 0.3 is 5.97 Å². The van der Waals surface area contributed by atoms with Crippen molar-refractivity contribution in [2.75, 3.05) is 12.0 Å². The molecule has 3 rings (SSSR count). The molecule has 1 aliphatic rings. The molecule has 0 spiro atoms. The number of benzene rings is 2. The van der Waals surface area contributed by atoms with Crippen LogP contribution >= 0.6 is 12.2 Å². The molecule has 1 fully saturated rings. The van der Waals surface area contributed by atoms with Gasteiger partial charge in [0.25, 0.3) is 11.8 Å². The van der Waals surface area contributed by atoms with Crippen LogP contribution in [0.5, 0.6) is 11.5 Å². The predicted molar refractivity (Wildman–Crippen MR) is 123 cm³/mol. The van der Waals surface area contributed by atoms with Crippen LogP contribution in [-0.2, 0) is 20.8 Å². The van der Waals surface area contributed by atoms with E-state index in [1.807, 2.05) is 19.1 Å². The van der Waals surface area contributed by atoms with Crippen molar-refractivity contribution in [1.29, 1.82) is 0 Å². The first-order valence-electron chi connectivity index (χ1n) is 9.84. The number of aryl methyl sites for hydroxylation is 1. The van der Waals surface area contributed by atoms with Gasteiger partial charge in [-0.2, -0.15) is 0 Å². The van der Waals surface area contributed by atoms with Crippen LogP contribution in [0.25, 0.3) is 6.08 Å². The molecule has 1 heterocycles. The molecule has 8 nitrogen and oxygen atoms in total. The van der Waals surface area contributed by atoms with Crippen molar-refractivity contribution in [1.82, 2.24) is 5.32 Å². The number of ether oxygens (including phenoxy) is 2. The van der Waals surface area contributed by atoms with Gasteiger partial charge in [-0.15, -0.1) is 0 Å². The van der Waals surface area contributed by atoms with Crippen LogP contribution in [0.15, 0.2) is 48.0 Å². The fourth-order valence-corrected chi connectivity index (χ4v) is 3.49. The summed E-state index contributed by atoms with van der Waals surface area (Å²) in [7, 11) is 1.41. The van der Waals surface area contributed by atoms with Crippen molar-refractivity contribution in [2.24, 2.45) is 0 Å². The van der Waals surface area contributed by atoms with Gasteiger partial charge in [0, 0.05) is 5.56 Å². The van der Waals surface area contributed by atoms with Crippen LogP contribution in [0.1, 0.15) is 25.0 Å². The highest BCUT2D eigenvalue weighted by Gasteiger charge is 2.35. The standard InChI is InChI=1S/C23H22N2O6S/c1-4-14-8-5-6-10-17(14)25-21(27)16(20(26)24-23(25)32)12-15-9-7-11-18(30-3)19(15)31-13(2)22(28)29/h5-13H,4H2,1-3H3,(H,28,29)(H,24,26,32)/b16-12+/t13-/m0/s1. The highest BCUT2D eigenvalue weighted by molar-refractivity contribution is 7.80. The van der Waals surface area contributed by atoms with E-state index in [1.54, 1.807) is 30.3 Å². The Bertz CT molecular complexity index is 1130. The third kappa shape index (κ3) is 4.47. The van der Waals surface area contributed by atoms with Crippen molar-refractivity contribution in [2.45, 2.75) is 26.4 Å². The Balaban J connectivity index is 2.10. The van der Waals surface area contributed by atoms with Crippen LogP contribution in [0.4, 0.5) is 5.69 Å². The first-order chi connectivity index (χ1) is 15.3. The van der Waals surface area contributed by atoms with Gasteiger partial charge in [-0.1, -0.05) is 37.3 Å². The van der Waals surface area contributed by atoms with E-state index in [4.69, 9.17) is 21.7 Å². The van der Waals surface area contributed by atoms with Crippen LogP contribution in [0.2, 0.25) is 0 Å². The lowest BCUT2D eigenvalue weighted by Gasteiger charge is -2.30. The predicted octanol–water partition coefficient (Wildman–Crippen LogP) is 2.94. The number of carboxylic acids is 1.